The van der Waals surface area contributed by atoms with Crippen molar-refractivity contribution in [2.45, 2.75) is 59.2 Å². The van der Waals surface area contributed by atoms with E-state index in [1.165, 1.54) is 12.1 Å². The Labute approximate surface area is 138 Å². The molecule has 0 aromatic heterocycles. The number of hydrogen-bond acceptors (Lipinski definition) is 3. The van der Waals surface area contributed by atoms with Crippen LogP contribution in [0.4, 0.5) is 9.18 Å². The van der Waals surface area contributed by atoms with Crippen LogP contribution in [0.15, 0.2) is 24.3 Å². The van der Waals surface area contributed by atoms with E-state index in [2.05, 4.69) is 24.5 Å². The first kappa shape index (κ1) is 19.4. The fourth-order valence-corrected chi connectivity index (χ4v) is 2.26. The minimum Gasteiger partial charge on any atom is -0.444 e. The quantitative estimate of drug-likeness (QED) is 0.831. The van der Waals surface area contributed by atoms with Crippen LogP contribution < -0.4 is 10.6 Å². The Hall–Kier alpha value is -1.62. The lowest BCUT2D eigenvalue weighted by Crippen LogP contribution is -2.43. The molecule has 0 spiro atoms. The molecule has 0 heterocycles. The SMILES string of the molecule is CC(CNC(=O)OC(C)(C)C)NC(c1ccc(F)cc1)C(C)C. The van der Waals surface area contributed by atoms with Crippen molar-refractivity contribution in [2.24, 2.45) is 5.92 Å². The number of halogens is 1. The predicted octanol–water partition coefficient (Wildman–Crippen LogP) is 4.03. The second-order valence-electron chi connectivity index (χ2n) is 7.22. The van der Waals surface area contributed by atoms with Crippen LogP contribution in [0, 0.1) is 11.7 Å². The molecule has 130 valence electrons. The van der Waals surface area contributed by atoms with Crippen LogP contribution in [0.2, 0.25) is 0 Å². The number of hydrogen-bond donors (Lipinski definition) is 2. The maximum absolute atomic E-state index is 13.1. The van der Waals surface area contributed by atoms with Gasteiger partial charge in [-0.05, 0) is 51.3 Å². The molecule has 0 saturated heterocycles. The number of alkyl carbamates (subject to hydrolysis) is 1. The van der Waals surface area contributed by atoms with Gasteiger partial charge in [-0.1, -0.05) is 26.0 Å². The molecular weight excluding hydrogens is 295 g/mol. The van der Waals surface area contributed by atoms with E-state index in [1.54, 1.807) is 12.1 Å². The van der Waals surface area contributed by atoms with Gasteiger partial charge in [0, 0.05) is 18.6 Å². The number of nitrogens with one attached hydrogen (secondary N) is 2. The normalized spacial score (nSPS) is 14.4. The molecule has 1 aromatic carbocycles. The molecule has 0 bridgehead atoms. The van der Waals surface area contributed by atoms with Gasteiger partial charge in [-0.25, -0.2) is 9.18 Å². The third-order valence-electron chi connectivity index (χ3n) is 3.31. The maximum Gasteiger partial charge on any atom is 0.407 e. The summed E-state index contributed by atoms with van der Waals surface area (Å²) in [6.45, 7) is 12.2. The topological polar surface area (TPSA) is 50.4 Å². The van der Waals surface area contributed by atoms with Gasteiger partial charge in [-0.15, -0.1) is 0 Å². The highest BCUT2D eigenvalue weighted by atomic mass is 19.1. The van der Waals surface area contributed by atoms with Crippen molar-refractivity contribution in [2.75, 3.05) is 6.54 Å². The second-order valence-corrected chi connectivity index (χ2v) is 7.22. The third-order valence-corrected chi connectivity index (χ3v) is 3.31. The number of benzene rings is 1. The van der Waals surface area contributed by atoms with Crippen LogP contribution in [0.25, 0.3) is 0 Å². The molecular formula is C18H29FN2O2. The zero-order chi connectivity index (χ0) is 17.6. The zero-order valence-electron chi connectivity index (χ0n) is 14.9. The first-order chi connectivity index (χ1) is 10.6. The lowest BCUT2D eigenvalue weighted by atomic mass is 9.95. The highest BCUT2D eigenvalue weighted by molar-refractivity contribution is 5.67. The molecule has 2 N–H and O–H groups in total. The molecule has 2 unspecified atom stereocenters. The van der Waals surface area contributed by atoms with E-state index in [-0.39, 0.29) is 17.9 Å². The van der Waals surface area contributed by atoms with Crippen LogP contribution in [0.5, 0.6) is 0 Å². The first-order valence-electron chi connectivity index (χ1n) is 8.07. The lowest BCUT2D eigenvalue weighted by molar-refractivity contribution is 0.0522. The first-order valence-corrected chi connectivity index (χ1v) is 8.07. The summed E-state index contributed by atoms with van der Waals surface area (Å²) in [4.78, 5) is 11.7. The number of carbonyl (C=O) groups is 1. The molecule has 23 heavy (non-hydrogen) atoms. The number of carbonyl (C=O) groups excluding carboxylic acids is 1. The minimum absolute atomic E-state index is 0.0555. The summed E-state index contributed by atoms with van der Waals surface area (Å²) < 4.78 is 18.3. The van der Waals surface area contributed by atoms with Gasteiger partial charge < -0.3 is 15.4 Å². The van der Waals surface area contributed by atoms with Crippen molar-refractivity contribution >= 4 is 6.09 Å². The van der Waals surface area contributed by atoms with Crippen molar-refractivity contribution in [3.05, 3.63) is 35.6 Å². The second kappa shape index (κ2) is 8.29. The van der Waals surface area contributed by atoms with Crippen molar-refractivity contribution in [3.63, 3.8) is 0 Å². The van der Waals surface area contributed by atoms with E-state index < -0.39 is 11.7 Å². The number of rotatable bonds is 6. The van der Waals surface area contributed by atoms with E-state index in [4.69, 9.17) is 4.74 Å². The average molecular weight is 324 g/mol. The van der Waals surface area contributed by atoms with Crippen LogP contribution >= 0.6 is 0 Å². The maximum atomic E-state index is 13.1. The Kier molecular flexibility index (Phi) is 7.01. The molecule has 1 amide bonds. The van der Waals surface area contributed by atoms with Gasteiger partial charge in [0.1, 0.15) is 11.4 Å². The van der Waals surface area contributed by atoms with Gasteiger partial charge in [0.15, 0.2) is 0 Å². The summed E-state index contributed by atoms with van der Waals surface area (Å²) >= 11 is 0. The van der Waals surface area contributed by atoms with Crippen LogP contribution in [0.3, 0.4) is 0 Å². The largest absolute Gasteiger partial charge is 0.444 e. The Bertz CT molecular complexity index is 495. The molecule has 0 fully saturated rings. The Morgan fingerprint density at radius 3 is 2.22 bits per heavy atom. The van der Waals surface area contributed by atoms with Gasteiger partial charge in [0.05, 0.1) is 0 Å². The molecule has 2 atom stereocenters. The van der Waals surface area contributed by atoms with Gasteiger partial charge in [0.2, 0.25) is 0 Å². The van der Waals surface area contributed by atoms with Gasteiger partial charge in [-0.3, -0.25) is 0 Å². The van der Waals surface area contributed by atoms with Crippen LogP contribution in [-0.4, -0.2) is 24.3 Å². The monoisotopic (exact) mass is 324 g/mol. The fourth-order valence-electron chi connectivity index (χ4n) is 2.26. The molecule has 1 rings (SSSR count). The standard InChI is InChI=1S/C18H29FN2O2/c1-12(2)16(14-7-9-15(19)10-8-14)21-13(3)11-20-17(22)23-18(4,5)6/h7-10,12-13,16,21H,11H2,1-6H3,(H,20,22). The Morgan fingerprint density at radius 2 is 1.74 bits per heavy atom. The summed E-state index contributed by atoms with van der Waals surface area (Å²) in [5.41, 5.74) is 0.528. The average Bonchev–Trinajstić information content (AvgIpc) is 2.41. The zero-order valence-corrected chi connectivity index (χ0v) is 14.9. The molecule has 1 aromatic rings. The Balaban J connectivity index is 2.56. The molecule has 5 heteroatoms. The van der Waals surface area contributed by atoms with Gasteiger partial charge in [0.25, 0.3) is 0 Å². The van der Waals surface area contributed by atoms with Crippen molar-refractivity contribution in [1.29, 1.82) is 0 Å². The third kappa shape index (κ3) is 7.46. The van der Waals surface area contributed by atoms with E-state index in [0.717, 1.165) is 5.56 Å². The molecule has 0 aliphatic carbocycles. The number of ether oxygens (including phenoxy) is 1. The Morgan fingerprint density at radius 1 is 1.17 bits per heavy atom. The summed E-state index contributed by atoms with van der Waals surface area (Å²) in [5, 5.41) is 6.24. The highest BCUT2D eigenvalue weighted by Crippen LogP contribution is 2.22. The molecule has 0 saturated carbocycles. The smallest absolute Gasteiger partial charge is 0.407 e. The highest BCUT2D eigenvalue weighted by Gasteiger charge is 2.20. The molecule has 0 radical (unpaired) electrons. The summed E-state index contributed by atoms with van der Waals surface area (Å²) in [5.74, 6) is 0.0975. The fraction of sp³-hybridized carbons (Fsp3) is 0.611. The summed E-state index contributed by atoms with van der Waals surface area (Å²) in [7, 11) is 0. The van der Waals surface area contributed by atoms with Gasteiger partial charge >= 0.3 is 6.09 Å². The van der Waals surface area contributed by atoms with Crippen LogP contribution in [-0.2, 0) is 4.74 Å². The minimum atomic E-state index is -0.505. The molecule has 0 aliphatic heterocycles. The van der Waals surface area contributed by atoms with Crippen molar-refractivity contribution in [1.82, 2.24) is 10.6 Å². The summed E-state index contributed by atoms with van der Waals surface area (Å²) in [6.07, 6.45) is -0.422. The molecule has 0 aliphatic rings. The van der Waals surface area contributed by atoms with Crippen molar-refractivity contribution < 1.29 is 13.9 Å². The van der Waals surface area contributed by atoms with Crippen LogP contribution in [0.1, 0.15) is 53.1 Å². The van der Waals surface area contributed by atoms with Gasteiger partial charge in [-0.2, -0.15) is 0 Å². The summed E-state index contributed by atoms with van der Waals surface area (Å²) in [6, 6.07) is 6.67. The van der Waals surface area contributed by atoms with Crippen molar-refractivity contribution in [3.8, 4) is 0 Å². The number of amides is 1. The lowest BCUT2D eigenvalue weighted by Gasteiger charge is -2.27. The van der Waals surface area contributed by atoms with E-state index in [1.807, 2.05) is 27.7 Å². The van der Waals surface area contributed by atoms with E-state index in [9.17, 15) is 9.18 Å². The molecule has 4 nitrogen and oxygen atoms in total. The van der Waals surface area contributed by atoms with E-state index in [0.29, 0.717) is 12.5 Å². The van der Waals surface area contributed by atoms with E-state index >= 15 is 0 Å². The predicted molar refractivity (Wildman–Crippen MR) is 90.8 cm³/mol.